The maximum atomic E-state index is 4.64. The van der Waals surface area contributed by atoms with Gasteiger partial charge in [0.2, 0.25) is 0 Å². The van der Waals surface area contributed by atoms with E-state index < -0.39 is 0 Å². The molecule has 100 valence electrons. The fraction of sp³-hybridized carbons (Fsp3) is 0.389. The van der Waals surface area contributed by atoms with Gasteiger partial charge in [0.05, 0.1) is 5.69 Å². The van der Waals surface area contributed by atoms with E-state index in [0.717, 1.165) is 5.69 Å². The van der Waals surface area contributed by atoms with Crippen molar-refractivity contribution < 1.29 is 0 Å². The van der Waals surface area contributed by atoms with Crippen molar-refractivity contribution in [1.82, 2.24) is 4.98 Å². The van der Waals surface area contributed by atoms with Crippen LogP contribution in [0.1, 0.15) is 51.7 Å². The molecule has 0 bridgehead atoms. The minimum absolute atomic E-state index is 0.145. The Bertz CT molecular complexity index is 548. The van der Waals surface area contributed by atoms with Gasteiger partial charge in [-0.1, -0.05) is 65.0 Å². The summed E-state index contributed by atoms with van der Waals surface area (Å²) >= 11 is 0. The van der Waals surface area contributed by atoms with Crippen LogP contribution in [0.15, 0.2) is 42.6 Å². The summed E-state index contributed by atoms with van der Waals surface area (Å²) in [5.41, 5.74) is 5.15. The highest BCUT2D eigenvalue weighted by atomic mass is 14.7. The summed E-state index contributed by atoms with van der Waals surface area (Å²) in [6.45, 7) is 11.3. The van der Waals surface area contributed by atoms with Crippen molar-refractivity contribution in [3.05, 3.63) is 53.7 Å². The molecule has 2 aromatic rings. The summed E-state index contributed by atoms with van der Waals surface area (Å²) in [7, 11) is 0. The maximum absolute atomic E-state index is 4.64. The molecule has 0 aliphatic heterocycles. The van der Waals surface area contributed by atoms with E-state index in [1.54, 1.807) is 0 Å². The van der Waals surface area contributed by atoms with Crippen LogP contribution in [-0.2, 0) is 5.41 Å². The Morgan fingerprint density at radius 3 is 2.16 bits per heavy atom. The molecule has 1 heterocycles. The largest absolute Gasteiger partial charge is 0.256 e. The lowest BCUT2D eigenvalue weighted by atomic mass is 9.81. The van der Waals surface area contributed by atoms with E-state index >= 15 is 0 Å². The zero-order valence-corrected chi connectivity index (χ0v) is 12.6. The van der Waals surface area contributed by atoms with Crippen molar-refractivity contribution >= 4 is 0 Å². The summed E-state index contributed by atoms with van der Waals surface area (Å²) < 4.78 is 0. The molecule has 2 rings (SSSR count). The van der Waals surface area contributed by atoms with Gasteiger partial charge in [-0.2, -0.15) is 0 Å². The van der Waals surface area contributed by atoms with Crippen LogP contribution in [-0.4, -0.2) is 4.98 Å². The van der Waals surface area contributed by atoms with Crippen LogP contribution in [0.2, 0.25) is 0 Å². The molecule has 1 aromatic heterocycles. The predicted molar refractivity (Wildman–Crippen MR) is 82.5 cm³/mol. The first-order chi connectivity index (χ1) is 8.89. The van der Waals surface area contributed by atoms with E-state index in [9.17, 15) is 0 Å². The molecule has 0 spiro atoms. The highest BCUT2D eigenvalue weighted by Gasteiger charge is 2.20. The fourth-order valence-corrected chi connectivity index (χ4v) is 2.34. The van der Waals surface area contributed by atoms with Crippen LogP contribution in [0.4, 0.5) is 0 Å². The third-order valence-electron chi connectivity index (χ3n) is 3.43. The number of nitrogens with zero attached hydrogens (tertiary/aromatic N) is 1. The SMILES string of the molecule is CC(C)c1cnc(-c2ccccc2)cc1C(C)(C)C. The molecule has 0 amide bonds. The predicted octanol–water partition coefficient (Wildman–Crippen LogP) is 5.17. The molecule has 0 saturated carbocycles. The molecule has 0 radical (unpaired) electrons. The van der Waals surface area contributed by atoms with Crippen LogP contribution in [0.5, 0.6) is 0 Å². The van der Waals surface area contributed by atoms with E-state index in [4.69, 9.17) is 0 Å². The van der Waals surface area contributed by atoms with Crippen LogP contribution < -0.4 is 0 Å². The van der Waals surface area contributed by atoms with Gasteiger partial charge in [0.25, 0.3) is 0 Å². The molecule has 0 unspecified atom stereocenters. The average Bonchev–Trinajstić information content (AvgIpc) is 2.38. The number of pyridine rings is 1. The van der Waals surface area contributed by atoms with Crippen LogP contribution in [0.3, 0.4) is 0 Å². The van der Waals surface area contributed by atoms with Gasteiger partial charge in [0, 0.05) is 11.8 Å². The minimum atomic E-state index is 0.145. The second-order valence-electron chi connectivity index (χ2n) is 6.43. The fourth-order valence-electron chi connectivity index (χ4n) is 2.34. The number of aromatic nitrogens is 1. The molecule has 1 aromatic carbocycles. The molecule has 0 saturated heterocycles. The van der Waals surface area contributed by atoms with Gasteiger partial charge in [-0.3, -0.25) is 4.98 Å². The van der Waals surface area contributed by atoms with Crippen molar-refractivity contribution in [3.8, 4) is 11.3 Å². The third-order valence-corrected chi connectivity index (χ3v) is 3.43. The summed E-state index contributed by atoms with van der Waals surface area (Å²) in [5.74, 6) is 0.506. The average molecular weight is 253 g/mol. The summed E-state index contributed by atoms with van der Waals surface area (Å²) in [4.78, 5) is 4.64. The van der Waals surface area contributed by atoms with Crippen LogP contribution in [0, 0.1) is 0 Å². The van der Waals surface area contributed by atoms with E-state index in [2.05, 4.69) is 69.9 Å². The monoisotopic (exact) mass is 253 g/mol. The first-order valence-electron chi connectivity index (χ1n) is 6.95. The van der Waals surface area contributed by atoms with Crippen molar-refractivity contribution in [2.75, 3.05) is 0 Å². The Hall–Kier alpha value is -1.63. The van der Waals surface area contributed by atoms with Crippen molar-refractivity contribution in [2.45, 2.75) is 46.0 Å². The number of hydrogen-bond donors (Lipinski definition) is 0. The van der Waals surface area contributed by atoms with E-state index in [1.165, 1.54) is 16.7 Å². The number of hydrogen-bond acceptors (Lipinski definition) is 1. The Balaban J connectivity index is 2.57. The maximum Gasteiger partial charge on any atom is 0.0705 e. The second kappa shape index (κ2) is 5.16. The van der Waals surface area contributed by atoms with Gasteiger partial charge in [0.15, 0.2) is 0 Å². The van der Waals surface area contributed by atoms with E-state index in [-0.39, 0.29) is 5.41 Å². The molecule has 1 nitrogen and oxygen atoms in total. The zero-order chi connectivity index (χ0) is 14.0. The molecule has 0 N–H and O–H groups in total. The summed E-state index contributed by atoms with van der Waals surface area (Å²) in [6, 6.07) is 12.6. The topological polar surface area (TPSA) is 12.9 Å². The zero-order valence-electron chi connectivity index (χ0n) is 12.6. The van der Waals surface area contributed by atoms with Gasteiger partial charge in [-0.15, -0.1) is 0 Å². The molecule has 1 heteroatoms. The smallest absolute Gasteiger partial charge is 0.0705 e. The molecule has 0 fully saturated rings. The second-order valence-corrected chi connectivity index (χ2v) is 6.43. The lowest BCUT2D eigenvalue weighted by molar-refractivity contribution is 0.576. The first-order valence-corrected chi connectivity index (χ1v) is 6.95. The standard InChI is InChI=1S/C18H23N/c1-13(2)15-12-19-17(11-16(15)18(3,4)5)14-9-7-6-8-10-14/h6-13H,1-5H3. The van der Waals surface area contributed by atoms with Crippen LogP contribution in [0.25, 0.3) is 11.3 Å². The summed E-state index contributed by atoms with van der Waals surface area (Å²) in [6.07, 6.45) is 2.05. The lowest BCUT2D eigenvalue weighted by Gasteiger charge is -2.25. The Morgan fingerprint density at radius 1 is 1.00 bits per heavy atom. The van der Waals surface area contributed by atoms with Crippen molar-refractivity contribution in [2.24, 2.45) is 0 Å². The molecular formula is C18H23N. The molecule has 19 heavy (non-hydrogen) atoms. The van der Waals surface area contributed by atoms with Gasteiger partial charge in [-0.05, 0) is 28.5 Å². The van der Waals surface area contributed by atoms with Gasteiger partial charge in [0.1, 0.15) is 0 Å². The Kier molecular flexibility index (Phi) is 3.75. The lowest BCUT2D eigenvalue weighted by Crippen LogP contribution is -2.15. The van der Waals surface area contributed by atoms with Gasteiger partial charge >= 0.3 is 0 Å². The number of rotatable bonds is 2. The van der Waals surface area contributed by atoms with E-state index in [1.807, 2.05) is 12.3 Å². The third kappa shape index (κ3) is 3.04. The minimum Gasteiger partial charge on any atom is -0.256 e. The normalized spacial score (nSPS) is 11.9. The molecule has 0 atom stereocenters. The Labute approximate surface area is 116 Å². The van der Waals surface area contributed by atoms with E-state index in [0.29, 0.717) is 5.92 Å². The molecular weight excluding hydrogens is 230 g/mol. The summed E-state index contributed by atoms with van der Waals surface area (Å²) in [5, 5.41) is 0. The van der Waals surface area contributed by atoms with Crippen molar-refractivity contribution in [3.63, 3.8) is 0 Å². The quantitative estimate of drug-likeness (QED) is 0.719. The van der Waals surface area contributed by atoms with Gasteiger partial charge < -0.3 is 0 Å². The highest BCUT2D eigenvalue weighted by Crippen LogP contribution is 2.32. The molecule has 0 aliphatic carbocycles. The number of benzene rings is 1. The van der Waals surface area contributed by atoms with Crippen LogP contribution >= 0.6 is 0 Å². The molecule has 0 aliphatic rings. The highest BCUT2D eigenvalue weighted by molar-refractivity contribution is 5.60. The Morgan fingerprint density at radius 2 is 1.63 bits per heavy atom. The van der Waals surface area contributed by atoms with Crippen molar-refractivity contribution in [1.29, 1.82) is 0 Å². The first kappa shape index (κ1) is 13.8. The van der Waals surface area contributed by atoms with Gasteiger partial charge in [-0.25, -0.2) is 0 Å².